The molecule has 128 valence electrons. The highest BCUT2D eigenvalue weighted by atomic mass is 32.2. The third-order valence-corrected chi connectivity index (χ3v) is 5.63. The van der Waals surface area contributed by atoms with Crippen LogP contribution in [0.4, 0.5) is 0 Å². The molecule has 0 bridgehead atoms. The van der Waals surface area contributed by atoms with Crippen molar-refractivity contribution in [2.24, 2.45) is 5.92 Å². The number of amides is 2. The van der Waals surface area contributed by atoms with Crippen molar-refractivity contribution in [3.63, 3.8) is 0 Å². The van der Waals surface area contributed by atoms with Crippen LogP contribution in [0.1, 0.15) is 25.7 Å². The number of carboxylic acid groups (broad SMARTS) is 1. The van der Waals surface area contributed by atoms with Crippen molar-refractivity contribution in [2.75, 3.05) is 31.3 Å². The number of thioether (sulfide) groups is 1. The summed E-state index contributed by atoms with van der Waals surface area (Å²) in [5.41, 5.74) is 0. The summed E-state index contributed by atoms with van der Waals surface area (Å²) in [5, 5.41) is 12.0. The van der Waals surface area contributed by atoms with Gasteiger partial charge in [-0.3, -0.25) is 19.3 Å². The molecule has 3 aliphatic rings. The van der Waals surface area contributed by atoms with E-state index in [4.69, 9.17) is 5.11 Å². The van der Waals surface area contributed by atoms with Gasteiger partial charge in [-0.05, 0) is 31.6 Å². The molecule has 3 rings (SSSR count). The molecule has 2 aliphatic carbocycles. The number of rotatable bonds is 8. The van der Waals surface area contributed by atoms with E-state index in [1.807, 2.05) is 4.90 Å². The molecule has 0 aromatic carbocycles. The number of hydrogen-bond acceptors (Lipinski definition) is 5. The SMILES string of the molecule is O=C(O)CN(CC1CC1)C1CC(NC(=O)CN2CSCC2=O)C1. The molecule has 3 fully saturated rings. The van der Waals surface area contributed by atoms with Gasteiger partial charge in [0.2, 0.25) is 11.8 Å². The number of carbonyl (C=O) groups is 3. The van der Waals surface area contributed by atoms with Crippen molar-refractivity contribution in [3.05, 3.63) is 0 Å². The van der Waals surface area contributed by atoms with E-state index in [9.17, 15) is 14.4 Å². The molecule has 8 heteroatoms. The molecule has 1 heterocycles. The third-order valence-electron chi connectivity index (χ3n) is 4.68. The first-order valence-electron chi connectivity index (χ1n) is 8.12. The summed E-state index contributed by atoms with van der Waals surface area (Å²) in [6.07, 6.45) is 4.00. The normalized spacial score (nSPS) is 27.2. The summed E-state index contributed by atoms with van der Waals surface area (Å²) in [5.74, 6) is 0.826. The van der Waals surface area contributed by atoms with Crippen molar-refractivity contribution in [1.82, 2.24) is 15.1 Å². The summed E-state index contributed by atoms with van der Waals surface area (Å²) in [6, 6.07) is 0.356. The van der Waals surface area contributed by atoms with Crippen LogP contribution in [0.15, 0.2) is 0 Å². The number of nitrogens with one attached hydrogen (secondary N) is 1. The first kappa shape index (κ1) is 16.6. The summed E-state index contributed by atoms with van der Waals surface area (Å²) in [7, 11) is 0. The Morgan fingerprint density at radius 3 is 2.65 bits per heavy atom. The summed E-state index contributed by atoms with van der Waals surface area (Å²) in [4.78, 5) is 38.1. The number of hydrogen-bond donors (Lipinski definition) is 2. The molecule has 2 N–H and O–H groups in total. The molecule has 0 aromatic rings. The lowest BCUT2D eigenvalue weighted by molar-refractivity contribution is -0.140. The number of nitrogens with zero attached hydrogens (tertiary/aromatic N) is 2. The fourth-order valence-electron chi connectivity index (χ4n) is 3.14. The highest BCUT2D eigenvalue weighted by molar-refractivity contribution is 8.00. The van der Waals surface area contributed by atoms with Crippen LogP contribution in [0.25, 0.3) is 0 Å². The highest BCUT2D eigenvalue weighted by Gasteiger charge is 2.38. The van der Waals surface area contributed by atoms with Crippen molar-refractivity contribution in [3.8, 4) is 0 Å². The monoisotopic (exact) mass is 341 g/mol. The molecule has 0 atom stereocenters. The maximum Gasteiger partial charge on any atom is 0.317 e. The molecule has 23 heavy (non-hydrogen) atoms. The lowest BCUT2D eigenvalue weighted by Crippen LogP contribution is -2.56. The Bertz CT molecular complexity index is 491. The number of aliphatic carboxylic acids is 1. The zero-order valence-corrected chi connectivity index (χ0v) is 13.9. The van der Waals surface area contributed by atoms with Crippen LogP contribution >= 0.6 is 11.8 Å². The van der Waals surface area contributed by atoms with E-state index in [0.717, 1.165) is 19.4 Å². The Kier molecular flexibility index (Phi) is 5.11. The van der Waals surface area contributed by atoms with Crippen molar-refractivity contribution < 1.29 is 19.5 Å². The van der Waals surface area contributed by atoms with Gasteiger partial charge in [0.15, 0.2) is 0 Å². The molecular weight excluding hydrogens is 318 g/mol. The van der Waals surface area contributed by atoms with Crippen LogP contribution in [-0.4, -0.2) is 76.0 Å². The van der Waals surface area contributed by atoms with Gasteiger partial charge in [0.1, 0.15) is 6.54 Å². The second-order valence-corrected chi connectivity index (χ2v) is 7.68. The quantitative estimate of drug-likeness (QED) is 0.644. The smallest absolute Gasteiger partial charge is 0.317 e. The van der Waals surface area contributed by atoms with Crippen molar-refractivity contribution in [2.45, 2.75) is 37.8 Å². The van der Waals surface area contributed by atoms with Crippen LogP contribution in [0, 0.1) is 5.92 Å². The Hall–Kier alpha value is -1.28. The third kappa shape index (κ3) is 4.60. The van der Waals surface area contributed by atoms with Gasteiger partial charge in [-0.2, -0.15) is 0 Å². The predicted molar refractivity (Wildman–Crippen MR) is 85.9 cm³/mol. The molecule has 2 amide bonds. The fourth-order valence-corrected chi connectivity index (χ4v) is 4.04. The second kappa shape index (κ2) is 7.09. The molecule has 0 aromatic heterocycles. The average molecular weight is 341 g/mol. The zero-order valence-electron chi connectivity index (χ0n) is 13.1. The summed E-state index contributed by atoms with van der Waals surface area (Å²) >= 11 is 1.53. The maximum atomic E-state index is 12.0. The van der Waals surface area contributed by atoms with Crippen LogP contribution in [-0.2, 0) is 14.4 Å². The highest BCUT2D eigenvalue weighted by Crippen LogP contribution is 2.33. The Balaban J connectivity index is 1.39. The van der Waals surface area contributed by atoms with E-state index < -0.39 is 5.97 Å². The molecule has 0 spiro atoms. The van der Waals surface area contributed by atoms with Gasteiger partial charge in [-0.25, -0.2) is 0 Å². The molecule has 0 radical (unpaired) electrons. The minimum atomic E-state index is -0.789. The van der Waals surface area contributed by atoms with E-state index in [0.29, 0.717) is 17.5 Å². The van der Waals surface area contributed by atoms with Gasteiger partial charge >= 0.3 is 5.97 Å². The van der Waals surface area contributed by atoms with Gasteiger partial charge in [0, 0.05) is 18.6 Å². The standard InChI is InChI=1S/C15H23N3O4S/c19-13(6-18-9-23-8-14(18)20)16-11-3-12(4-11)17(7-15(21)22)5-10-1-2-10/h10-12H,1-9H2,(H,16,19)(H,21,22). The Morgan fingerprint density at radius 2 is 2.09 bits per heavy atom. The van der Waals surface area contributed by atoms with Crippen LogP contribution in [0.5, 0.6) is 0 Å². The van der Waals surface area contributed by atoms with Crippen molar-refractivity contribution >= 4 is 29.5 Å². The topological polar surface area (TPSA) is 89.9 Å². The lowest BCUT2D eigenvalue weighted by Gasteiger charge is -2.42. The number of carboxylic acids is 1. The van der Waals surface area contributed by atoms with E-state index in [-0.39, 0.29) is 37.0 Å². The molecular formula is C15H23N3O4S. The second-order valence-electron chi connectivity index (χ2n) is 6.73. The molecule has 0 unspecified atom stereocenters. The molecule has 1 aliphatic heterocycles. The fraction of sp³-hybridized carbons (Fsp3) is 0.800. The van der Waals surface area contributed by atoms with Gasteiger partial charge in [0.25, 0.3) is 0 Å². The minimum absolute atomic E-state index is 0.0219. The van der Waals surface area contributed by atoms with Crippen LogP contribution in [0.2, 0.25) is 0 Å². The van der Waals surface area contributed by atoms with Crippen LogP contribution in [0.3, 0.4) is 0 Å². The van der Waals surface area contributed by atoms with Gasteiger partial charge in [0.05, 0.1) is 18.2 Å². The Morgan fingerprint density at radius 1 is 1.35 bits per heavy atom. The zero-order chi connectivity index (χ0) is 16.4. The van der Waals surface area contributed by atoms with E-state index in [1.165, 1.54) is 24.6 Å². The average Bonchev–Trinajstić information content (AvgIpc) is 3.16. The van der Waals surface area contributed by atoms with E-state index >= 15 is 0 Å². The minimum Gasteiger partial charge on any atom is -0.480 e. The van der Waals surface area contributed by atoms with Gasteiger partial charge < -0.3 is 15.3 Å². The largest absolute Gasteiger partial charge is 0.480 e. The molecule has 2 saturated carbocycles. The van der Waals surface area contributed by atoms with Gasteiger partial charge in [-0.15, -0.1) is 11.8 Å². The van der Waals surface area contributed by atoms with E-state index in [1.54, 1.807) is 4.90 Å². The summed E-state index contributed by atoms with van der Waals surface area (Å²) in [6.45, 7) is 1.08. The number of carbonyl (C=O) groups excluding carboxylic acids is 2. The molecule has 1 saturated heterocycles. The van der Waals surface area contributed by atoms with Gasteiger partial charge in [-0.1, -0.05) is 0 Å². The first-order chi connectivity index (χ1) is 11.0. The predicted octanol–water partition coefficient (Wildman–Crippen LogP) is -0.0369. The van der Waals surface area contributed by atoms with E-state index in [2.05, 4.69) is 5.32 Å². The summed E-state index contributed by atoms with van der Waals surface area (Å²) < 4.78 is 0. The first-order valence-corrected chi connectivity index (χ1v) is 9.27. The molecule has 7 nitrogen and oxygen atoms in total. The lowest BCUT2D eigenvalue weighted by atomic mass is 9.85. The maximum absolute atomic E-state index is 12.0. The van der Waals surface area contributed by atoms with Crippen molar-refractivity contribution in [1.29, 1.82) is 0 Å². The Labute approximate surface area is 139 Å². The van der Waals surface area contributed by atoms with Crippen LogP contribution < -0.4 is 5.32 Å².